The third-order valence-corrected chi connectivity index (χ3v) is 4.20. The van der Waals surface area contributed by atoms with Crippen LogP contribution in [0, 0.1) is 5.82 Å². The first-order valence-electron chi connectivity index (χ1n) is 7.41. The minimum atomic E-state index is -0.268. The van der Waals surface area contributed by atoms with Crippen molar-refractivity contribution in [3.63, 3.8) is 0 Å². The number of aromatic nitrogens is 2. The fourth-order valence-electron chi connectivity index (χ4n) is 3.23. The van der Waals surface area contributed by atoms with Gasteiger partial charge in [0.05, 0.1) is 18.8 Å². The first kappa shape index (κ1) is 14.2. The number of aliphatic hydroxyl groups is 1. The average Bonchev–Trinajstić information content (AvgIpc) is 2.87. The van der Waals surface area contributed by atoms with E-state index in [1.807, 2.05) is 10.7 Å². The third kappa shape index (κ3) is 2.47. The van der Waals surface area contributed by atoms with Gasteiger partial charge >= 0.3 is 0 Å². The lowest BCUT2D eigenvalue weighted by atomic mass is 9.84. The van der Waals surface area contributed by atoms with Crippen molar-refractivity contribution in [3.05, 3.63) is 41.3 Å². The van der Waals surface area contributed by atoms with Gasteiger partial charge in [0.25, 0.3) is 0 Å². The molecule has 0 saturated carbocycles. The van der Waals surface area contributed by atoms with Gasteiger partial charge in [0, 0.05) is 22.7 Å². The zero-order chi connectivity index (χ0) is 14.8. The molecule has 0 fully saturated rings. The first-order valence-corrected chi connectivity index (χ1v) is 7.41. The number of halogens is 1. The molecule has 2 aromatic rings. The van der Waals surface area contributed by atoms with Crippen LogP contribution in [0.15, 0.2) is 24.3 Å². The molecule has 0 radical (unpaired) electrons. The van der Waals surface area contributed by atoms with E-state index in [1.165, 1.54) is 6.07 Å². The van der Waals surface area contributed by atoms with Crippen molar-refractivity contribution in [2.24, 2.45) is 5.73 Å². The molecule has 0 bridgehead atoms. The van der Waals surface area contributed by atoms with Crippen molar-refractivity contribution >= 4 is 0 Å². The van der Waals surface area contributed by atoms with Crippen LogP contribution < -0.4 is 5.73 Å². The number of nitrogens with zero attached hydrogens (tertiary/aromatic N) is 2. The van der Waals surface area contributed by atoms with Crippen LogP contribution in [-0.2, 0) is 13.0 Å². The predicted octanol–water partition coefficient (Wildman–Crippen LogP) is 2.06. The summed E-state index contributed by atoms with van der Waals surface area (Å²) in [5.41, 5.74) is 9.28. The SMILES string of the molecule is NCC1CCCc2c1c(-c1ccccc1F)nn2CCO. The molecule has 1 aliphatic rings. The molecule has 1 aromatic carbocycles. The number of benzene rings is 1. The Morgan fingerprint density at radius 3 is 2.90 bits per heavy atom. The Kier molecular flexibility index (Phi) is 4.03. The lowest BCUT2D eigenvalue weighted by Crippen LogP contribution is -2.20. The maximum atomic E-state index is 14.1. The highest BCUT2D eigenvalue weighted by Crippen LogP contribution is 2.38. The minimum Gasteiger partial charge on any atom is -0.394 e. The maximum absolute atomic E-state index is 14.1. The van der Waals surface area contributed by atoms with Crippen molar-refractivity contribution in [1.82, 2.24) is 9.78 Å². The standard InChI is InChI=1S/C16H20FN3O/c17-13-6-2-1-5-12(13)16-15-11(10-18)4-3-7-14(15)20(19-16)8-9-21/h1-2,5-6,11,21H,3-4,7-10,18H2. The summed E-state index contributed by atoms with van der Waals surface area (Å²) in [6.45, 7) is 1.01. The monoisotopic (exact) mass is 289 g/mol. The van der Waals surface area contributed by atoms with Crippen LogP contribution in [0.25, 0.3) is 11.3 Å². The van der Waals surface area contributed by atoms with Crippen LogP contribution in [-0.4, -0.2) is 28.0 Å². The molecule has 1 aromatic heterocycles. The second-order valence-corrected chi connectivity index (χ2v) is 5.46. The van der Waals surface area contributed by atoms with Crippen LogP contribution in [0.2, 0.25) is 0 Å². The van der Waals surface area contributed by atoms with E-state index < -0.39 is 0 Å². The molecule has 112 valence electrons. The summed E-state index contributed by atoms with van der Waals surface area (Å²) in [4.78, 5) is 0. The molecule has 0 aliphatic heterocycles. The van der Waals surface area contributed by atoms with Crippen LogP contribution in [0.4, 0.5) is 4.39 Å². The summed E-state index contributed by atoms with van der Waals surface area (Å²) in [7, 11) is 0. The van der Waals surface area contributed by atoms with E-state index >= 15 is 0 Å². The molecular weight excluding hydrogens is 269 g/mol. The van der Waals surface area contributed by atoms with Gasteiger partial charge in [-0.3, -0.25) is 4.68 Å². The Balaban J connectivity index is 2.18. The molecule has 1 heterocycles. The van der Waals surface area contributed by atoms with Crippen molar-refractivity contribution in [1.29, 1.82) is 0 Å². The minimum absolute atomic E-state index is 0.0259. The Morgan fingerprint density at radius 2 is 2.19 bits per heavy atom. The zero-order valence-electron chi connectivity index (χ0n) is 11.9. The quantitative estimate of drug-likeness (QED) is 0.905. The molecular formula is C16H20FN3O. The van der Waals surface area contributed by atoms with Gasteiger partial charge in [0.1, 0.15) is 5.82 Å². The van der Waals surface area contributed by atoms with Gasteiger partial charge in [0.15, 0.2) is 0 Å². The molecule has 0 saturated heterocycles. The average molecular weight is 289 g/mol. The highest BCUT2D eigenvalue weighted by Gasteiger charge is 2.29. The lowest BCUT2D eigenvalue weighted by molar-refractivity contribution is 0.266. The summed E-state index contributed by atoms with van der Waals surface area (Å²) in [5.74, 6) is -0.0499. The molecule has 0 amide bonds. The normalized spacial score (nSPS) is 17.8. The van der Waals surface area contributed by atoms with Gasteiger partial charge in [-0.25, -0.2) is 4.39 Å². The molecule has 0 spiro atoms. The van der Waals surface area contributed by atoms with Gasteiger partial charge in [0.2, 0.25) is 0 Å². The Labute approximate surface area is 123 Å². The number of hydrogen-bond acceptors (Lipinski definition) is 3. The number of aliphatic hydroxyl groups excluding tert-OH is 1. The molecule has 1 aliphatic carbocycles. The van der Waals surface area contributed by atoms with Gasteiger partial charge in [-0.1, -0.05) is 12.1 Å². The van der Waals surface area contributed by atoms with E-state index in [9.17, 15) is 9.50 Å². The van der Waals surface area contributed by atoms with Crippen LogP contribution in [0.5, 0.6) is 0 Å². The number of hydrogen-bond donors (Lipinski definition) is 2. The molecule has 5 heteroatoms. The summed E-state index contributed by atoms with van der Waals surface area (Å²) in [6.07, 6.45) is 2.98. The Morgan fingerprint density at radius 1 is 1.38 bits per heavy atom. The van der Waals surface area contributed by atoms with Gasteiger partial charge in [-0.05, 0) is 37.9 Å². The first-order chi connectivity index (χ1) is 10.3. The fraction of sp³-hybridized carbons (Fsp3) is 0.438. The van der Waals surface area contributed by atoms with E-state index in [4.69, 9.17) is 5.73 Å². The van der Waals surface area contributed by atoms with E-state index in [0.717, 1.165) is 30.5 Å². The number of rotatable bonds is 4. The molecule has 3 N–H and O–H groups in total. The van der Waals surface area contributed by atoms with Crippen molar-refractivity contribution in [2.75, 3.05) is 13.2 Å². The Bertz CT molecular complexity index is 638. The van der Waals surface area contributed by atoms with E-state index in [1.54, 1.807) is 12.1 Å². The van der Waals surface area contributed by atoms with E-state index in [0.29, 0.717) is 24.3 Å². The molecule has 3 rings (SSSR count). The topological polar surface area (TPSA) is 64.1 Å². The van der Waals surface area contributed by atoms with Crippen molar-refractivity contribution in [3.8, 4) is 11.3 Å². The molecule has 21 heavy (non-hydrogen) atoms. The maximum Gasteiger partial charge on any atom is 0.132 e. The van der Waals surface area contributed by atoms with Crippen LogP contribution in [0.1, 0.15) is 30.0 Å². The summed E-state index contributed by atoms with van der Waals surface area (Å²) in [5, 5.41) is 13.8. The van der Waals surface area contributed by atoms with Crippen molar-refractivity contribution in [2.45, 2.75) is 31.7 Å². The second kappa shape index (κ2) is 5.95. The Hall–Kier alpha value is -1.72. The number of nitrogens with two attached hydrogens (primary N) is 1. The zero-order valence-corrected chi connectivity index (χ0v) is 11.9. The van der Waals surface area contributed by atoms with Crippen molar-refractivity contribution < 1.29 is 9.50 Å². The molecule has 1 atom stereocenters. The third-order valence-electron chi connectivity index (χ3n) is 4.20. The summed E-state index contributed by atoms with van der Waals surface area (Å²) >= 11 is 0. The summed E-state index contributed by atoms with van der Waals surface area (Å²) < 4.78 is 16.0. The predicted molar refractivity (Wildman–Crippen MR) is 79.4 cm³/mol. The van der Waals surface area contributed by atoms with Crippen LogP contribution >= 0.6 is 0 Å². The largest absolute Gasteiger partial charge is 0.394 e. The van der Waals surface area contributed by atoms with Crippen LogP contribution in [0.3, 0.4) is 0 Å². The van der Waals surface area contributed by atoms with E-state index in [-0.39, 0.29) is 18.3 Å². The highest BCUT2D eigenvalue weighted by molar-refractivity contribution is 5.66. The second-order valence-electron chi connectivity index (χ2n) is 5.46. The fourth-order valence-corrected chi connectivity index (χ4v) is 3.23. The number of fused-ring (bicyclic) bond motifs is 1. The molecule has 4 nitrogen and oxygen atoms in total. The lowest BCUT2D eigenvalue weighted by Gasteiger charge is -2.22. The van der Waals surface area contributed by atoms with Gasteiger partial charge in [-0.2, -0.15) is 5.10 Å². The summed E-state index contributed by atoms with van der Waals surface area (Å²) in [6, 6.07) is 6.70. The van der Waals surface area contributed by atoms with Gasteiger partial charge in [-0.15, -0.1) is 0 Å². The highest BCUT2D eigenvalue weighted by atomic mass is 19.1. The van der Waals surface area contributed by atoms with E-state index in [2.05, 4.69) is 5.10 Å². The molecule has 1 unspecified atom stereocenters. The smallest absolute Gasteiger partial charge is 0.132 e. The van der Waals surface area contributed by atoms with Gasteiger partial charge < -0.3 is 10.8 Å².